The number of benzene rings is 1. The molecule has 1 aromatic carbocycles. The highest BCUT2D eigenvalue weighted by molar-refractivity contribution is 5.89. The number of amides is 1. The highest BCUT2D eigenvalue weighted by atomic mass is 16.6. The number of cyclic esters (lactones) is 1. The van der Waals surface area contributed by atoms with E-state index in [0.29, 0.717) is 30.1 Å². The Hall–Kier alpha value is -3.49. The summed E-state index contributed by atoms with van der Waals surface area (Å²) in [6.45, 7) is 8.34. The standard InChI is InChI=1S/C21H24N6O3/c1-12(2)16-11-29-21(28)27(16)17-9-10-22-20(24-17)23-14(4)19-25-18(26-30-19)15-7-5-13(3)6-8-15/h5-10,12,14,16H,11H2,1-4H3,(H,22,23,24)/t14-,16?/m0/s1. The monoisotopic (exact) mass is 408 g/mol. The summed E-state index contributed by atoms with van der Waals surface area (Å²) >= 11 is 0. The van der Waals surface area contributed by atoms with Crippen LogP contribution < -0.4 is 10.2 Å². The number of nitrogens with zero attached hydrogens (tertiary/aromatic N) is 5. The van der Waals surface area contributed by atoms with Crippen molar-refractivity contribution in [3.05, 3.63) is 48.0 Å². The first-order valence-corrected chi connectivity index (χ1v) is 9.88. The van der Waals surface area contributed by atoms with Crippen LogP contribution in [0.2, 0.25) is 0 Å². The maximum absolute atomic E-state index is 12.2. The van der Waals surface area contributed by atoms with E-state index < -0.39 is 6.09 Å². The molecule has 1 aliphatic rings. The van der Waals surface area contributed by atoms with Crippen molar-refractivity contribution in [1.29, 1.82) is 0 Å². The molecule has 0 aliphatic carbocycles. The van der Waals surface area contributed by atoms with Crippen LogP contribution in [0.25, 0.3) is 11.4 Å². The molecule has 30 heavy (non-hydrogen) atoms. The highest BCUT2D eigenvalue weighted by Crippen LogP contribution is 2.27. The number of anilines is 2. The van der Waals surface area contributed by atoms with Crippen molar-refractivity contribution >= 4 is 17.9 Å². The fourth-order valence-electron chi connectivity index (χ4n) is 3.23. The lowest BCUT2D eigenvalue weighted by Gasteiger charge is -2.23. The van der Waals surface area contributed by atoms with Crippen molar-refractivity contribution in [3.63, 3.8) is 0 Å². The molecule has 1 amide bonds. The van der Waals surface area contributed by atoms with Crippen LogP contribution >= 0.6 is 0 Å². The van der Waals surface area contributed by atoms with Crippen LogP contribution in [-0.4, -0.2) is 38.9 Å². The van der Waals surface area contributed by atoms with Crippen LogP contribution in [-0.2, 0) is 4.74 Å². The number of hydrogen-bond acceptors (Lipinski definition) is 8. The number of carbonyl (C=O) groups is 1. The van der Waals surface area contributed by atoms with Gasteiger partial charge in [-0.1, -0.05) is 48.8 Å². The van der Waals surface area contributed by atoms with Gasteiger partial charge in [0.2, 0.25) is 17.7 Å². The van der Waals surface area contributed by atoms with E-state index in [9.17, 15) is 4.79 Å². The molecule has 1 aliphatic heterocycles. The van der Waals surface area contributed by atoms with Gasteiger partial charge in [0.15, 0.2) is 0 Å². The first-order valence-electron chi connectivity index (χ1n) is 9.88. The van der Waals surface area contributed by atoms with E-state index in [1.54, 1.807) is 17.2 Å². The summed E-state index contributed by atoms with van der Waals surface area (Å²) in [6.07, 6.45) is 1.21. The van der Waals surface area contributed by atoms with E-state index in [4.69, 9.17) is 9.26 Å². The molecule has 1 fully saturated rings. The summed E-state index contributed by atoms with van der Waals surface area (Å²) in [4.78, 5) is 27.0. The summed E-state index contributed by atoms with van der Waals surface area (Å²) in [5, 5.41) is 7.22. The third-order valence-corrected chi connectivity index (χ3v) is 5.03. The lowest BCUT2D eigenvalue weighted by molar-refractivity contribution is 0.177. The zero-order valence-corrected chi connectivity index (χ0v) is 17.4. The number of aryl methyl sites for hydroxylation is 1. The number of ether oxygens (including phenoxy) is 1. The first-order chi connectivity index (χ1) is 14.4. The average molecular weight is 408 g/mol. The van der Waals surface area contributed by atoms with Gasteiger partial charge in [0.25, 0.3) is 0 Å². The maximum atomic E-state index is 12.2. The van der Waals surface area contributed by atoms with Gasteiger partial charge in [-0.15, -0.1) is 0 Å². The molecular formula is C21H24N6O3. The molecule has 0 radical (unpaired) electrons. The molecule has 3 aromatic rings. The number of hydrogen-bond donors (Lipinski definition) is 1. The summed E-state index contributed by atoms with van der Waals surface area (Å²) in [6, 6.07) is 9.22. The summed E-state index contributed by atoms with van der Waals surface area (Å²) in [7, 11) is 0. The van der Waals surface area contributed by atoms with Crippen LogP contribution in [0.1, 0.15) is 38.3 Å². The second kappa shape index (κ2) is 8.10. The molecule has 1 unspecified atom stereocenters. The fraction of sp³-hybridized carbons (Fsp3) is 0.381. The fourth-order valence-corrected chi connectivity index (χ4v) is 3.23. The molecule has 2 atom stereocenters. The van der Waals surface area contributed by atoms with Gasteiger partial charge in [-0.25, -0.2) is 9.78 Å². The van der Waals surface area contributed by atoms with Crippen LogP contribution in [0, 0.1) is 12.8 Å². The minimum Gasteiger partial charge on any atom is -0.447 e. The molecule has 156 valence electrons. The van der Waals surface area contributed by atoms with E-state index in [-0.39, 0.29) is 18.0 Å². The van der Waals surface area contributed by atoms with Crippen LogP contribution in [0.5, 0.6) is 0 Å². The Morgan fingerprint density at radius 3 is 2.63 bits per heavy atom. The second-order valence-electron chi connectivity index (χ2n) is 7.68. The van der Waals surface area contributed by atoms with E-state index in [1.807, 2.05) is 52.0 Å². The zero-order chi connectivity index (χ0) is 21.3. The first kappa shape index (κ1) is 19.8. The molecule has 2 aromatic heterocycles. The van der Waals surface area contributed by atoms with Gasteiger partial charge in [0, 0.05) is 11.8 Å². The number of aromatic nitrogens is 4. The average Bonchev–Trinajstić information content (AvgIpc) is 3.36. The minimum absolute atomic E-state index is 0.0642. The van der Waals surface area contributed by atoms with Crippen molar-refractivity contribution in [2.24, 2.45) is 5.92 Å². The summed E-state index contributed by atoms with van der Waals surface area (Å²) in [5.41, 5.74) is 2.05. The van der Waals surface area contributed by atoms with E-state index in [2.05, 4.69) is 25.4 Å². The van der Waals surface area contributed by atoms with Crippen molar-refractivity contribution in [2.45, 2.75) is 39.8 Å². The van der Waals surface area contributed by atoms with Gasteiger partial charge in [-0.05, 0) is 25.8 Å². The Bertz CT molecular complexity index is 1030. The van der Waals surface area contributed by atoms with Gasteiger partial charge >= 0.3 is 6.09 Å². The van der Waals surface area contributed by atoms with Crippen molar-refractivity contribution in [2.75, 3.05) is 16.8 Å². The molecule has 9 nitrogen and oxygen atoms in total. The Morgan fingerprint density at radius 2 is 1.90 bits per heavy atom. The maximum Gasteiger partial charge on any atom is 0.415 e. The van der Waals surface area contributed by atoms with Crippen molar-refractivity contribution < 1.29 is 14.1 Å². The second-order valence-corrected chi connectivity index (χ2v) is 7.68. The minimum atomic E-state index is -0.397. The smallest absolute Gasteiger partial charge is 0.415 e. The molecule has 1 N–H and O–H groups in total. The Balaban J connectivity index is 1.50. The Labute approximate surface area is 174 Å². The Kier molecular flexibility index (Phi) is 5.35. The third kappa shape index (κ3) is 3.96. The lowest BCUT2D eigenvalue weighted by Crippen LogP contribution is -2.37. The summed E-state index contributed by atoms with van der Waals surface area (Å²) in [5.74, 6) is 2.03. The van der Waals surface area contributed by atoms with Crippen LogP contribution in [0.3, 0.4) is 0 Å². The van der Waals surface area contributed by atoms with Crippen molar-refractivity contribution in [1.82, 2.24) is 20.1 Å². The van der Waals surface area contributed by atoms with E-state index in [0.717, 1.165) is 11.1 Å². The third-order valence-electron chi connectivity index (χ3n) is 5.03. The van der Waals surface area contributed by atoms with Gasteiger partial charge in [-0.3, -0.25) is 4.90 Å². The predicted molar refractivity (Wildman–Crippen MR) is 111 cm³/mol. The molecule has 1 saturated heterocycles. The molecular weight excluding hydrogens is 384 g/mol. The topological polar surface area (TPSA) is 106 Å². The SMILES string of the molecule is Cc1ccc(-c2noc([C@H](C)Nc3nccc(N4C(=O)OCC4C(C)C)n3)n2)cc1. The van der Waals surface area contributed by atoms with Gasteiger partial charge in [0.05, 0.1) is 6.04 Å². The van der Waals surface area contributed by atoms with Crippen LogP contribution in [0.15, 0.2) is 41.1 Å². The number of rotatable bonds is 6. The van der Waals surface area contributed by atoms with Gasteiger partial charge < -0.3 is 14.6 Å². The number of nitrogens with one attached hydrogen (secondary N) is 1. The predicted octanol–water partition coefficient (Wildman–Crippen LogP) is 3.99. The summed E-state index contributed by atoms with van der Waals surface area (Å²) < 4.78 is 10.6. The largest absolute Gasteiger partial charge is 0.447 e. The van der Waals surface area contributed by atoms with E-state index >= 15 is 0 Å². The molecule has 0 bridgehead atoms. The molecule has 0 spiro atoms. The van der Waals surface area contributed by atoms with Gasteiger partial charge in [-0.2, -0.15) is 9.97 Å². The van der Waals surface area contributed by atoms with E-state index in [1.165, 1.54) is 0 Å². The molecule has 0 saturated carbocycles. The molecule has 9 heteroatoms. The quantitative estimate of drug-likeness (QED) is 0.652. The molecule has 4 rings (SSSR count). The Morgan fingerprint density at radius 1 is 1.13 bits per heavy atom. The van der Waals surface area contributed by atoms with Gasteiger partial charge in [0.1, 0.15) is 18.5 Å². The molecule has 3 heterocycles. The normalized spacial score (nSPS) is 17.3. The highest BCUT2D eigenvalue weighted by Gasteiger charge is 2.37. The lowest BCUT2D eigenvalue weighted by atomic mass is 10.0. The van der Waals surface area contributed by atoms with Crippen molar-refractivity contribution in [3.8, 4) is 11.4 Å². The zero-order valence-electron chi connectivity index (χ0n) is 17.4. The number of carbonyl (C=O) groups excluding carboxylic acids is 1. The van der Waals surface area contributed by atoms with Crippen LogP contribution in [0.4, 0.5) is 16.6 Å².